The van der Waals surface area contributed by atoms with Crippen LogP contribution in [-0.4, -0.2) is 31.0 Å². The molecular weight excluding hydrogens is 154 g/mol. The molecule has 0 aromatic rings. The van der Waals surface area contributed by atoms with Gasteiger partial charge in [-0.15, -0.1) is 0 Å². The molecule has 74 valence electrons. The van der Waals surface area contributed by atoms with Gasteiger partial charge in [-0.25, -0.2) is 0 Å². The van der Waals surface area contributed by atoms with E-state index in [0.29, 0.717) is 26.2 Å². The Morgan fingerprint density at radius 3 is 2.50 bits per heavy atom. The number of nitrogens with two attached hydrogens (primary N) is 1. The van der Waals surface area contributed by atoms with E-state index in [1.54, 1.807) is 0 Å². The fourth-order valence-corrected chi connectivity index (χ4v) is 1.18. The highest BCUT2D eigenvalue weighted by Crippen LogP contribution is 2.10. The molecule has 0 amide bonds. The summed E-state index contributed by atoms with van der Waals surface area (Å²) in [5.41, 5.74) is 5.49. The number of ether oxygens (including phenoxy) is 1. The van der Waals surface area contributed by atoms with Gasteiger partial charge in [-0.1, -0.05) is 6.92 Å². The number of hydrogen-bond acceptors (Lipinski definition) is 3. The van der Waals surface area contributed by atoms with E-state index in [0.717, 1.165) is 6.42 Å². The molecule has 0 aliphatic rings. The van der Waals surface area contributed by atoms with Gasteiger partial charge in [0.1, 0.15) is 0 Å². The lowest BCUT2D eigenvalue weighted by atomic mass is 9.98. The highest BCUT2D eigenvalue weighted by molar-refractivity contribution is 4.67. The van der Waals surface area contributed by atoms with Gasteiger partial charge in [0.05, 0.1) is 6.10 Å². The Balaban J connectivity index is 3.47. The van der Waals surface area contributed by atoms with Crippen molar-refractivity contribution in [2.75, 3.05) is 19.8 Å². The van der Waals surface area contributed by atoms with Crippen molar-refractivity contribution in [2.24, 2.45) is 11.7 Å². The van der Waals surface area contributed by atoms with E-state index in [1.807, 2.05) is 13.8 Å². The topological polar surface area (TPSA) is 55.5 Å². The Labute approximate surface area is 74.9 Å². The van der Waals surface area contributed by atoms with Crippen LogP contribution in [0.5, 0.6) is 0 Å². The molecule has 3 nitrogen and oxygen atoms in total. The van der Waals surface area contributed by atoms with E-state index in [1.165, 1.54) is 0 Å². The van der Waals surface area contributed by atoms with Gasteiger partial charge < -0.3 is 15.6 Å². The molecule has 0 aliphatic carbocycles. The lowest BCUT2D eigenvalue weighted by Crippen LogP contribution is -2.28. The van der Waals surface area contributed by atoms with E-state index in [-0.39, 0.29) is 12.0 Å². The van der Waals surface area contributed by atoms with Crippen molar-refractivity contribution in [1.82, 2.24) is 0 Å². The van der Waals surface area contributed by atoms with Crippen LogP contribution in [0.15, 0.2) is 0 Å². The normalized spacial score (nSPS) is 16.0. The lowest BCUT2D eigenvalue weighted by Gasteiger charge is -2.19. The Morgan fingerprint density at radius 1 is 1.42 bits per heavy atom. The van der Waals surface area contributed by atoms with Gasteiger partial charge in [-0.05, 0) is 32.2 Å². The standard InChI is InChI=1S/C9H21NO2/c1-3-8(7-10)9(11)5-6-12-4-2/h8-9,11H,3-7,10H2,1-2H3. The van der Waals surface area contributed by atoms with Crippen LogP contribution >= 0.6 is 0 Å². The molecule has 0 saturated heterocycles. The predicted molar refractivity (Wildman–Crippen MR) is 50.0 cm³/mol. The molecule has 0 spiro atoms. The van der Waals surface area contributed by atoms with E-state index in [4.69, 9.17) is 10.5 Å². The number of hydrogen-bond donors (Lipinski definition) is 2. The first-order valence-corrected chi connectivity index (χ1v) is 4.72. The van der Waals surface area contributed by atoms with Crippen LogP contribution in [0, 0.1) is 5.92 Å². The van der Waals surface area contributed by atoms with Gasteiger partial charge in [0.15, 0.2) is 0 Å². The van der Waals surface area contributed by atoms with E-state index >= 15 is 0 Å². The van der Waals surface area contributed by atoms with Crippen LogP contribution in [0.1, 0.15) is 26.7 Å². The number of rotatable bonds is 7. The Kier molecular flexibility index (Phi) is 7.45. The largest absolute Gasteiger partial charge is 0.393 e. The maximum absolute atomic E-state index is 9.58. The first kappa shape index (κ1) is 11.9. The maximum Gasteiger partial charge on any atom is 0.0602 e. The third kappa shape index (κ3) is 4.70. The molecule has 3 heteroatoms. The number of aliphatic hydroxyl groups is 1. The van der Waals surface area contributed by atoms with Crippen LogP contribution in [-0.2, 0) is 4.74 Å². The fourth-order valence-electron chi connectivity index (χ4n) is 1.18. The first-order valence-electron chi connectivity index (χ1n) is 4.72. The molecule has 12 heavy (non-hydrogen) atoms. The zero-order chi connectivity index (χ0) is 9.40. The van der Waals surface area contributed by atoms with Gasteiger partial charge in [0.25, 0.3) is 0 Å². The predicted octanol–water partition coefficient (Wildman–Crippen LogP) is 0.759. The minimum Gasteiger partial charge on any atom is -0.393 e. The molecule has 2 atom stereocenters. The first-order chi connectivity index (χ1) is 5.76. The van der Waals surface area contributed by atoms with Crippen LogP contribution in [0.3, 0.4) is 0 Å². The fraction of sp³-hybridized carbons (Fsp3) is 1.00. The second-order valence-corrected chi connectivity index (χ2v) is 2.96. The summed E-state index contributed by atoms with van der Waals surface area (Å²) in [6.07, 6.45) is 1.33. The third-order valence-corrected chi connectivity index (χ3v) is 2.13. The van der Waals surface area contributed by atoms with Crippen molar-refractivity contribution in [1.29, 1.82) is 0 Å². The molecule has 3 N–H and O–H groups in total. The molecule has 0 aromatic carbocycles. The van der Waals surface area contributed by atoms with Crippen LogP contribution in [0.4, 0.5) is 0 Å². The zero-order valence-electron chi connectivity index (χ0n) is 8.12. The highest BCUT2D eigenvalue weighted by Gasteiger charge is 2.14. The summed E-state index contributed by atoms with van der Waals surface area (Å²) in [5, 5.41) is 9.58. The summed E-state index contributed by atoms with van der Waals surface area (Å²) in [6, 6.07) is 0. The third-order valence-electron chi connectivity index (χ3n) is 2.13. The average molecular weight is 175 g/mol. The second kappa shape index (κ2) is 7.53. The monoisotopic (exact) mass is 175 g/mol. The molecule has 0 bridgehead atoms. The molecule has 0 rings (SSSR count). The molecule has 0 fully saturated rings. The minimum atomic E-state index is -0.299. The van der Waals surface area contributed by atoms with Crippen molar-refractivity contribution in [2.45, 2.75) is 32.8 Å². The Morgan fingerprint density at radius 2 is 2.08 bits per heavy atom. The molecule has 0 saturated carbocycles. The molecule has 2 unspecified atom stereocenters. The molecular formula is C9H21NO2. The summed E-state index contributed by atoms with van der Waals surface area (Å²) >= 11 is 0. The van der Waals surface area contributed by atoms with Crippen molar-refractivity contribution in [3.63, 3.8) is 0 Å². The summed E-state index contributed by atoms with van der Waals surface area (Å²) in [5.74, 6) is 0.227. The molecule has 0 heterocycles. The van der Waals surface area contributed by atoms with Gasteiger partial charge in [-0.3, -0.25) is 0 Å². The zero-order valence-corrected chi connectivity index (χ0v) is 8.12. The smallest absolute Gasteiger partial charge is 0.0602 e. The Bertz CT molecular complexity index is 94.5. The van der Waals surface area contributed by atoms with Crippen LogP contribution in [0.2, 0.25) is 0 Å². The SMILES string of the molecule is CCOCCC(O)C(CC)CN. The summed E-state index contributed by atoms with van der Waals surface area (Å²) < 4.78 is 5.14. The summed E-state index contributed by atoms with van der Waals surface area (Å²) in [7, 11) is 0. The van der Waals surface area contributed by atoms with Gasteiger partial charge >= 0.3 is 0 Å². The van der Waals surface area contributed by atoms with Crippen molar-refractivity contribution < 1.29 is 9.84 Å². The molecule has 0 aliphatic heterocycles. The van der Waals surface area contributed by atoms with E-state index in [2.05, 4.69) is 0 Å². The van der Waals surface area contributed by atoms with Crippen molar-refractivity contribution >= 4 is 0 Å². The van der Waals surface area contributed by atoms with Gasteiger partial charge in [0.2, 0.25) is 0 Å². The minimum absolute atomic E-state index is 0.227. The number of aliphatic hydroxyl groups excluding tert-OH is 1. The van der Waals surface area contributed by atoms with Crippen LogP contribution < -0.4 is 5.73 Å². The van der Waals surface area contributed by atoms with E-state index < -0.39 is 0 Å². The lowest BCUT2D eigenvalue weighted by molar-refractivity contribution is 0.0556. The quantitative estimate of drug-likeness (QED) is 0.562. The van der Waals surface area contributed by atoms with E-state index in [9.17, 15) is 5.11 Å². The average Bonchev–Trinajstić information content (AvgIpc) is 2.07. The van der Waals surface area contributed by atoms with Gasteiger partial charge in [0, 0.05) is 13.2 Å². The van der Waals surface area contributed by atoms with Gasteiger partial charge in [-0.2, -0.15) is 0 Å². The molecule has 0 aromatic heterocycles. The summed E-state index contributed by atoms with van der Waals surface area (Å²) in [6.45, 7) is 5.90. The highest BCUT2D eigenvalue weighted by atomic mass is 16.5. The summed E-state index contributed by atoms with van der Waals surface area (Å²) in [4.78, 5) is 0. The van der Waals surface area contributed by atoms with Crippen LogP contribution in [0.25, 0.3) is 0 Å². The second-order valence-electron chi connectivity index (χ2n) is 2.96. The maximum atomic E-state index is 9.58. The molecule has 0 radical (unpaired) electrons. The Hall–Kier alpha value is -0.120. The van der Waals surface area contributed by atoms with Crippen molar-refractivity contribution in [3.8, 4) is 0 Å². The van der Waals surface area contributed by atoms with Crippen molar-refractivity contribution in [3.05, 3.63) is 0 Å².